The number of benzene rings is 3. The average Bonchev–Trinajstić information content (AvgIpc) is 3.33. The van der Waals surface area contributed by atoms with E-state index in [2.05, 4.69) is 92.9 Å². The fourth-order valence-corrected chi connectivity index (χ4v) is 6.13. The van der Waals surface area contributed by atoms with Crippen molar-refractivity contribution in [2.45, 2.75) is 31.8 Å². The molecule has 0 spiro atoms. The standard InChI is InChI=1S/C32H38N4O/c1-37-30-14-13-25(31-32-28(15-16-33-31)27-11-5-6-12-29(27)34-32)22-26(30)23-36-20-18-35(19-21-36)17-7-10-24-8-3-2-4-9-24/h2-6,8-9,11-14,22,31,33-34H,7,10,15-21,23H2,1H3. The minimum Gasteiger partial charge on any atom is -0.496 e. The van der Waals surface area contributed by atoms with Crippen molar-refractivity contribution in [1.82, 2.24) is 20.1 Å². The topological polar surface area (TPSA) is 43.5 Å². The number of rotatable bonds is 8. The fraction of sp³-hybridized carbons (Fsp3) is 0.375. The van der Waals surface area contributed by atoms with Gasteiger partial charge in [-0.2, -0.15) is 0 Å². The van der Waals surface area contributed by atoms with Gasteiger partial charge in [0.2, 0.25) is 0 Å². The van der Waals surface area contributed by atoms with Gasteiger partial charge in [-0.05, 0) is 60.7 Å². The summed E-state index contributed by atoms with van der Waals surface area (Å²) in [5, 5.41) is 5.13. The summed E-state index contributed by atoms with van der Waals surface area (Å²) in [6.07, 6.45) is 3.46. The van der Waals surface area contributed by atoms with Crippen LogP contribution in [0.4, 0.5) is 0 Å². The number of methoxy groups -OCH3 is 1. The Bertz CT molecular complexity index is 1320. The van der Waals surface area contributed by atoms with E-state index in [9.17, 15) is 0 Å². The molecule has 3 aromatic carbocycles. The maximum atomic E-state index is 5.80. The first-order chi connectivity index (χ1) is 18.3. The molecular weight excluding hydrogens is 456 g/mol. The van der Waals surface area contributed by atoms with E-state index in [1.54, 1.807) is 7.11 Å². The molecule has 37 heavy (non-hydrogen) atoms. The molecule has 0 aliphatic carbocycles. The molecule has 3 heterocycles. The van der Waals surface area contributed by atoms with E-state index in [1.807, 2.05) is 0 Å². The van der Waals surface area contributed by atoms with Gasteiger partial charge in [-0.25, -0.2) is 0 Å². The second kappa shape index (κ2) is 11.1. The highest BCUT2D eigenvalue weighted by atomic mass is 16.5. The van der Waals surface area contributed by atoms with E-state index in [1.165, 1.54) is 58.2 Å². The number of hydrogen-bond donors (Lipinski definition) is 2. The predicted octanol–water partition coefficient (Wildman–Crippen LogP) is 5.16. The van der Waals surface area contributed by atoms with E-state index in [0.29, 0.717) is 0 Å². The third-order valence-electron chi connectivity index (χ3n) is 8.14. The molecule has 2 N–H and O–H groups in total. The molecule has 0 saturated carbocycles. The van der Waals surface area contributed by atoms with Crippen molar-refractivity contribution >= 4 is 10.9 Å². The molecular formula is C32H38N4O. The summed E-state index contributed by atoms with van der Waals surface area (Å²) < 4.78 is 5.80. The molecule has 0 amide bonds. The number of aromatic nitrogens is 1. The monoisotopic (exact) mass is 494 g/mol. The van der Waals surface area contributed by atoms with Crippen LogP contribution in [0.15, 0.2) is 72.8 Å². The van der Waals surface area contributed by atoms with Crippen molar-refractivity contribution in [2.75, 3.05) is 46.4 Å². The molecule has 192 valence electrons. The van der Waals surface area contributed by atoms with E-state index in [4.69, 9.17) is 4.74 Å². The Morgan fingerprint density at radius 2 is 1.68 bits per heavy atom. The number of para-hydroxylation sites is 1. The van der Waals surface area contributed by atoms with Crippen LogP contribution >= 0.6 is 0 Å². The second-order valence-corrected chi connectivity index (χ2v) is 10.5. The molecule has 1 atom stereocenters. The lowest BCUT2D eigenvalue weighted by atomic mass is 9.93. The van der Waals surface area contributed by atoms with Gasteiger partial charge in [-0.3, -0.25) is 4.90 Å². The Morgan fingerprint density at radius 1 is 0.892 bits per heavy atom. The first kappa shape index (κ1) is 24.2. The highest BCUT2D eigenvalue weighted by Gasteiger charge is 2.26. The Kier molecular flexibility index (Phi) is 7.27. The lowest BCUT2D eigenvalue weighted by Crippen LogP contribution is -2.46. The molecule has 5 nitrogen and oxygen atoms in total. The minimum atomic E-state index is 0.183. The van der Waals surface area contributed by atoms with Gasteiger partial charge in [0.15, 0.2) is 0 Å². The van der Waals surface area contributed by atoms with Crippen LogP contribution in [-0.2, 0) is 19.4 Å². The van der Waals surface area contributed by atoms with Gasteiger partial charge in [-0.1, -0.05) is 54.6 Å². The average molecular weight is 495 g/mol. The van der Waals surface area contributed by atoms with Gasteiger partial charge in [0.1, 0.15) is 5.75 Å². The molecule has 1 aromatic heterocycles. The van der Waals surface area contributed by atoms with Crippen molar-refractivity contribution in [2.24, 2.45) is 0 Å². The van der Waals surface area contributed by atoms with E-state index in [-0.39, 0.29) is 6.04 Å². The number of fused-ring (bicyclic) bond motifs is 3. The normalized spacial score (nSPS) is 18.7. The van der Waals surface area contributed by atoms with E-state index < -0.39 is 0 Å². The fourth-order valence-electron chi connectivity index (χ4n) is 6.13. The summed E-state index contributed by atoms with van der Waals surface area (Å²) in [4.78, 5) is 8.92. The molecule has 0 bridgehead atoms. The Labute approximate surface area is 220 Å². The Hall–Kier alpha value is -3.12. The number of piperazine rings is 1. The van der Waals surface area contributed by atoms with Crippen LogP contribution in [0.1, 0.15) is 40.4 Å². The molecule has 4 aromatic rings. The molecule has 5 heteroatoms. The number of ether oxygens (including phenoxy) is 1. The van der Waals surface area contributed by atoms with Gasteiger partial charge in [0.05, 0.1) is 13.2 Å². The van der Waals surface area contributed by atoms with Crippen molar-refractivity contribution in [3.63, 3.8) is 0 Å². The van der Waals surface area contributed by atoms with Gasteiger partial charge in [-0.15, -0.1) is 0 Å². The summed E-state index contributed by atoms with van der Waals surface area (Å²) in [7, 11) is 1.79. The van der Waals surface area contributed by atoms with Crippen LogP contribution < -0.4 is 10.1 Å². The third-order valence-corrected chi connectivity index (χ3v) is 8.14. The minimum absolute atomic E-state index is 0.183. The predicted molar refractivity (Wildman–Crippen MR) is 151 cm³/mol. The maximum Gasteiger partial charge on any atom is 0.123 e. The van der Waals surface area contributed by atoms with E-state index in [0.717, 1.165) is 51.4 Å². The van der Waals surface area contributed by atoms with Crippen LogP contribution in [0.3, 0.4) is 0 Å². The molecule has 0 radical (unpaired) electrons. The Balaban J connectivity index is 1.11. The highest BCUT2D eigenvalue weighted by Crippen LogP contribution is 2.35. The van der Waals surface area contributed by atoms with E-state index >= 15 is 0 Å². The number of nitrogens with one attached hydrogen (secondary N) is 2. The quantitative estimate of drug-likeness (QED) is 0.355. The molecule has 6 rings (SSSR count). The molecule has 2 aliphatic heterocycles. The van der Waals surface area contributed by atoms with Crippen molar-refractivity contribution in [3.8, 4) is 5.75 Å². The summed E-state index contributed by atoms with van der Waals surface area (Å²) in [5.41, 5.74) is 8.04. The first-order valence-corrected chi connectivity index (χ1v) is 13.8. The van der Waals surface area contributed by atoms with Gasteiger partial charge < -0.3 is 19.9 Å². The summed E-state index contributed by atoms with van der Waals surface area (Å²) in [6, 6.07) is 26.5. The number of aromatic amines is 1. The molecule has 1 unspecified atom stereocenters. The zero-order valence-corrected chi connectivity index (χ0v) is 21.9. The van der Waals surface area contributed by atoms with Crippen LogP contribution in [0.5, 0.6) is 5.75 Å². The van der Waals surface area contributed by atoms with Crippen LogP contribution in [0, 0.1) is 0 Å². The Morgan fingerprint density at radius 3 is 2.51 bits per heavy atom. The first-order valence-electron chi connectivity index (χ1n) is 13.8. The maximum absolute atomic E-state index is 5.80. The summed E-state index contributed by atoms with van der Waals surface area (Å²) >= 11 is 0. The lowest BCUT2D eigenvalue weighted by Gasteiger charge is -2.35. The van der Waals surface area contributed by atoms with Crippen LogP contribution in [0.2, 0.25) is 0 Å². The van der Waals surface area contributed by atoms with Crippen molar-refractivity contribution in [1.29, 1.82) is 0 Å². The number of aryl methyl sites for hydroxylation is 1. The number of H-pyrrole nitrogens is 1. The zero-order valence-electron chi connectivity index (χ0n) is 21.9. The summed E-state index contributed by atoms with van der Waals surface area (Å²) in [6.45, 7) is 7.59. The largest absolute Gasteiger partial charge is 0.496 e. The van der Waals surface area contributed by atoms with Gasteiger partial charge in [0, 0.05) is 61.4 Å². The summed E-state index contributed by atoms with van der Waals surface area (Å²) in [5.74, 6) is 0.988. The molecule has 1 saturated heterocycles. The van der Waals surface area contributed by atoms with Crippen LogP contribution in [0.25, 0.3) is 10.9 Å². The smallest absolute Gasteiger partial charge is 0.123 e. The zero-order chi connectivity index (χ0) is 25.0. The number of hydrogen-bond acceptors (Lipinski definition) is 4. The lowest BCUT2D eigenvalue weighted by molar-refractivity contribution is 0.125. The molecule has 2 aliphatic rings. The van der Waals surface area contributed by atoms with Crippen molar-refractivity contribution < 1.29 is 4.74 Å². The highest BCUT2D eigenvalue weighted by molar-refractivity contribution is 5.85. The van der Waals surface area contributed by atoms with Gasteiger partial charge >= 0.3 is 0 Å². The SMILES string of the molecule is COc1ccc(C2NCCc3c2[nH]c2ccccc32)cc1CN1CCN(CCCc2ccccc2)CC1. The van der Waals surface area contributed by atoms with Crippen LogP contribution in [-0.4, -0.2) is 61.2 Å². The van der Waals surface area contributed by atoms with Crippen molar-refractivity contribution in [3.05, 3.63) is 101 Å². The second-order valence-electron chi connectivity index (χ2n) is 10.5. The number of nitrogens with zero attached hydrogens (tertiary/aromatic N) is 2. The molecule has 1 fully saturated rings. The third kappa shape index (κ3) is 5.30. The van der Waals surface area contributed by atoms with Gasteiger partial charge in [0.25, 0.3) is 0 Å².